The van der Waals surface area contributed by atoms with Crippen molar-refractivity contribution in [2.45, 2.75) is 6.04 Å². The second kappa shape index (κ2) is 8.98. The lowest BCUT2D eigenvalue weighted by atomic mass is 9.91. The molecule has 184 valence electrons. The van der Waals surface area contributed by atoms with Gasteiger partial charge in [-0.25, -0.2) is 0 Å². The van der Waals surface area contributed by atoms with E-state index in [1.54, 1.807) is 42.5 Å². The number of ether oxygens (including phenoxy) is 1. The lowest BCUT2D eigenvalue weighted by Gasteiger charge is -2.28. The third-order valence-corrected chi connectivity index (χ3v) is 7.25. The van der Waals surface area contributed by atoms with Gasteiger partial charge in [0.2, 0.25) is 0 Å². The number of benzene rings is 4. The van der Waals surface area contributed by atoms with Gasteiger partial charge in [0.25, 0.3) is 11.7 Å². The number of nitrogens with zero attached hydrogens (tertiary/aromatic N) is 2. The average Bonchev–Trinajstić information content (AvgIpc) is 3.18. The largest absolute Gasteiger partial charge is 0.507 e. The number of amides is 1. The smallest absolute Gasteiger partial charge is 0.300 e. The van der Waals surface area contributed by atoms with Gasteiger partial charge in [-0.05, 0) is 58.8 Å². The predicted molar refractivity (Wildman–Crippen MR) is 145 cm³/mol. The highest BCUT2D eigenvalue weighted by Crippen LogP contribution is 2.45. The third-order valence-electron chi connectivity index (χ3n) is 7.00. The fourth-order valence-electron chi connectivity index (χ4n) is 5.14. The van der Waals surface area contributed by atoms with Crippen molar-refractivity contribution < 1.29 is 19.4 Å². The van der Waals surface area contributed by atoms with Crippen LogP contribution in [-0.2, 0) is 9.59 Å². The Hall–Kier alpha value is -4.29. The molecule has 0 bridgehead atoms. The Morgan fingerprint density at radius 2 is 1.73 bits per heavy atom. The fraction of sp³-hybridized carbons (Fsp3) is 0.133. The summed E-state index contributed by atoms with van der Waals surface area (Å²) in [6.07, 6.45) is 0. The second-order valence-corrected chi connectivity index (χ2v) is 9.60. The number of ketones is 1. The minimum absolute atomic E-state index is 0.0376. The minimum atomic E-state index is -0.836. The number of aliphatic hydroxyl groups excluding tert-OH is 1. The van der Waals surface area contributed by atoms with Crippen LogP contribution in [0, 0.1) is 0 Å². The molecule has 0 saturated carbocycles. The van der Waals surface area contributed by atoms with Crippen LogP contribution in [0.25, 0.3) is 16.5 Å². The SMILES string of the molecule is CN1CCOc2ccc(/C(O)=C3\C(=O)C(=O)N(c4ccc(Cl)cc4)C3c3cccc4ccccc34)cc21. The first kappa shape index (κ1) is 23.1. The van der Waals surface area contributed by atoms with Gasteiger partial charge >= 0.3 is 0 Å². The Bertz CT molecular complexity index is 1590. The van der Waals surface area contributed by atoms with Gasteiger partial charge in [0.05, 0.1) is 23.8 Å². The van der Waals surface area contributed by atoms with Crippen molar-refractivity contribution in [2.24, 2.45) is 0 Å². The molecule has 0 aliphatic carbocycles. The molecule has 4 aromatic carbocycles. The van der Waals surface area contributed by atoms with Crippen LogP contribution in [0.2, 0.25) is 5.02 Å². The summed E-state index contributed by atoms with van der Waals surface area (Å²) in [5.74, 6) is -0.972. The van der Waals surface area contributed by atoms with Crippen LogP contribution in [0.5, 0.6) is 5.75 Å². The summed E-state index contributed by atoms with van der Waals surface area (Å²) in [5, 5.41) is 14.0. The molecule has 7 heteroatoms. The van der Waals surface area contributed by atoms with E-state index in [9.17, 15) is 14.7 Å². The zero-order chi connectivity index (χ0) is 25.7. The van der Waals surface area contributed by atoms with Crippen molar-refractivity contribution in [2.75, 3.05) is 30.0 Å². The van der Waals surface area contributed by atoms with Crippen molar-refractivity contribution in [3.8, 4) is 5.75 Å². The molecule has 1 saturated heterocycles. The van der Waals surface area contributed by atoms with Crippen molar-refractivity contribution in [3.63, 3.8) is 0 Å². The average molecular weight is 511 g/mol. The fourth-order valence-corrected chi connectivity index (χ4v) is 5.26. The number of carbonyl (C=O) groups excluding carboxylic acids is 2. The van der Waals surface area contributed by atoms with E-state index in [1.807, 2.05) is 54.4 Å². The van der Waals surface area contributed by atoms with Gasteiger partial charge in [0.1, 0.15) is 18.1 Å². The molecular formula is C30H23ClN2O4. The first-order valence-corrected chi connectivity index (χ1v) is 12.3. The molecule has 1 atom stereocenters. The Labute approximate surface area is 218 Å². The lowest BCUT2D eigenvalue weighted by molar-refractivity contribution is -0.132. The van der Waals surface area contributed by atoms with Gasteiger partial charge < -0.3 is 14.7 Å². The van der Waals surface area contributed by atoms with Crippen LogP contribution < -0.4 is 14.5 Å². The molecule has 4 aromatic rings. The maximum atomic E-state index is 13.6. The van der Waals surface area contributed by atoms with E-state index in [4.69, 9.17) is 16.3 Å². The molecule has 2 aliphatic heterocycles. The number of likely N-dealkylation sites (N-methyl/N-ethyl adjacent to an activating group) is 1. The van der Waals surface area contributed by atoms with Gasteiger partial charge in [-0.3, -0.25) is 14.5 Å². The maximum Gasteiger partial charge on any atom is 0.300 e. The molecule has 6 rings (SSSR count). The van der Waals surface area contributed by atoms with Gasteiger partial charge in [-0.2, -0.15) is 0 Å². The lowest BCUT2D eigenvalue weighted by Crippen LogP contribution is -2.29. The molecular weight excluding hydrogens is 488 g/mol. The number of rotatable bonds is 3. The van der Waals surface area contributed by atoms with Gasteiger partial charge in [0, 0.05) is 23.3 Å². The second-order valence-electron chi connectivity index (χ2n) is 9.17. The first-order valence-electron chi connectivity index (χ1n) is 12.0. The molecule has 2 heterocycles. The van der Waals surface area contributed by atoms with Crippen LogP contribution in [-0.4, -0.2) is 37.0 Å². The number of fused-ring (bicyclic) bond motifs is 2. The summed E-state index contributed by atoms with van der Waals surface area (Å²) in [5.41, 5.74) is 2.55. The molecule has 6 nitrogen and oxygen atoms in total. The Balaban J connectivity index is 1.60. The number of anilines is 2. The Kier molecular flexibility index (Phi) is 5.61. The highest BCUT2D eigenvalue weighted by atomic mass is 35.5. The molecule has 1 fully saturated rings. The molecule has 0 radical (unpaired) electrons. The zero-order valence-electron chi connectivity index (χ0n) is 20.0. The summed E-state index contributed by atoms with van der Waals surface area (Å²) in [4.78, 5) is 30.6. The molecule has 0 spiro atoms. The molecule has 1 N–H and O–H groups in total. The summed E-state index contributed by atoms with van der Waals surface area (Å²) >= 11 is 6.11. The monoisotopic (exact) mass is 510 g/mol. The van der Waals surface area contributed by atoms with E-state index in [0.717, 1.165) is 22.0 Å². The number of carbonyl (C=O) groups is 2. The maximum absolute atomic E-state index is 13.6. The Morgan fingerprint density at radius 1 is 0.973 bits per heavy atom. The summed E-state index contributed by atoms with van der Waals surface area (Å²) in [6, 6.07) is 24.8. The number of halogens is 1. The van der Waals surface area contributed by atoms with Gasteiger partial charge in [0.15, 0.2) is 0 Å². The van der Waals surface area contributed by atoms with Crippen molar-refractivity contribution in [3.05, 3.63) is 107 Å². The molecule has 37 heavy (non-hydrogen) atoms. The van der Waals surface area contributed by atoms with E-state index >= 15 is 0 Å². The summed E-state index contributed by atoms with van der Waals surface area (Å²) in [6.45, 7) is 1.27. The molecule has 1 unspecified atom stereocenters. The highest BCUT2D eigenvalue weighted by molar-refractivity contribution is 6.52. The van der Waals surface area contributed by atoms with Gasteiger partial charge in [-0.15, -0.1) is 0 Å². The van der Waals surface area contributed by atoms with Crippen LogP contribution in [0.1, 0.15) is 17.2 Å². The first-order chi connectivity index (χ1) is 17.9. The highest BCUT2D eigenvalue weighted by Gasteiger charge is 2.47. The van der Waals surface area contributed by atoms with Crippen molar-refractivity contribution in [1.29, 1.82) is 0 Å². The van der Waals surface area contributed by atoms with Crippen LogP contribution >= 0.6 is 11.6 Å². The van der Waals surface area contributed by atoms with E-state index in [0.29, 0.717) is 35.2 Å². The number of aliphatic hydroxyl groups is 1. The zero-order valence-corrected chi connectivity index (χ0v) is 20.8. The van der Waals surface area contributed by atoms with Crippen LogP contribution in [0.4, 0.5) is 11.4 Å². The standard InChI is InChI=1S/C30H23ClN2O4/c1-32-15-16-37-25-14-9-19(17-24(25)32)28(34)26-27(23-8-4-6-18-5-2-3-7-22(18)23)33(30(36)29(26)35)21-12-10-20(31)11-13-21/h2-14,17,27,34H,15-16H2,1H3/b28-26+. The van der Waals surface area contributed by atoms with E-state index in [-0.39, 0.29) is 11.3 Å². The molecule has 1 amide bonds. The number of Topliss-reactive ketones (excluding diaryl/α,β-unsaturated/α-hetero) is 1. The topological polar surface area (TPSA) is 70.1 Å². The van der Waals surface area contributed by atoms with Crippen molar-refractivity contribution >= 4 is 51.2 Å². The van der Waals surface area contributed by atoms with E-state index in [1.165, 1.54) is 4.90 Å². The molecule has 0 aromatic heterocycles. The van der Waals surface area contributed by atoms with Crippen LogP contribution in [0.15, 0.2) is 90.5 Å². The number of hydrogen-bond acceptors (Lipinski definition) is 5. The summed E-state index contributed by atoms with van der Waals surface area (Å²) in [7, 11) is 1.95. The molecule has 2 aliphatic rings. The normalized spacial score (nSPS) is 18.7. The third kappa shape index (κ3) is 3.81. The summed E-state index contributed by atoms with van der Waals surface area (Å²) < 4.78 is 5.74. The predicted octanol–water partition coefficient (Wildman–Crippen LogP) is 5.95. The van der Waals surface area contributed by atoms with Crippen molar-refractivity contribution in [1.82, 2.24) is 0 Å². The minimum Gasteiger partial charge on any atom is -0.507 e. The van der Waals surface area contributed by atoms with Gasteiger partial charge in [-0.1, -0.05) is 54.1 Å². The Morgan fingerprint density at radius 3 is 2.54 bits per heavy atom. The number of hydrogen-bond donors (Lipinski definition) is 1. The van der Waals surface area contributed by atoms with Crippen LogP contribution in [0.3, 0.4) is 0 Å². The quantitative estimate of drug-likeness (QED) is 0.209. The van der Waals surface area contributed by atoms with E-state index < -0.39 is 17.7 Å². The van der Waals surface area contributed by atoms with E-state index in [2.05, 4.69) is 0 Å².